The fourth-order valence-electron chi connectivity index (χ4n) is 2.75. The number of amides is 3. The molecule has 9 heteroatoms. The van der Waals surface area contributed by atoms with Crippen molar-refractivity contribution in [2.24, 2.45) is 0 Å². The maximum absolute atomic E-state index is 11.4. The summed E-state index contributed by atoms with van der Waals surface area (Å²) < 4.78 is 17.3. The molecule has 0 rings (SSSR count). The highest BCUT2D eigenvalue weighted by Gasteiger charge is 2.10. The molecule has 0 aliphatic carbocycles. The predicted octanol–water partition coefficient (Wildman–Crippen LogP) is 5.12. The fraction of sp³-hybridized carbons (Fsp3) is 0.710. The summed E-state index contributed by atoms with van der Waals surface area (Å²) in [5.74, 6) is -0.299. The van der Waals surface area contributed by atoms with E-state index in [-0.39, 0.29) is 17.9 Å². The number of nitrogens with one attached hydrogen (secondary N) is 3. The van der Waals surface area contributed by atoms with Crippen LogP contribution in [0.3, 0.4) is 0 Å². The Hall–Kier alpha value is -2.49. The fourth-order valence-corrected chi connectivity index (χ4v) is 2.75. The number of hydrogen-bond acceptors (Lipinski definition) is 6. The predicted molar refractivity (Wildman–Crippen MR) is 167 cm³/mol. The van der Waals surface area contributed by atoms with Crippen LogP contribution in [0.1, 0.15) is 86.5 Å². The van der Waals surface area contributed by atoms with Gasteiger partial charge in [0, 0.05) is 51.6 Å². The molecule has 0 radical (unpaired) electrons. The molecule has 0 aromatic carbocycles. The van der Waals surface area contributed by atoms with Crippen LogP contribution in [0.15, 0.2) is 37.5 Å². The Kier molecular flexibility index (Phi) is 45.6. The van der Waals surface area contributed by atoms with Gasteiger partial charge in [0.25, 0.3) is 0 Å². The van der Waals surface area contributed by atoms with E-state index in [0.717, 1.165) is 44.9 Å². The Balaban J connectivity index is -0.000000842. The van der Waals surface area contributed by atoms with Gasteiger partial charge in [-0.25, -0.2) is 0 Å². The molecule has 0 aromatic heterocycles. The minimum atomic E-state index is -0.183. The number of unbranched alkanes of at least 4 members (excludes halogenated alkanes) is 2. The van der Waals surface area contributed by atoms with Crippen molar-refractivity contribution in [3.63, 3.8) is 0 Å². The maximum Gasteiger partial charge on any atom is 0.246 e. The SMILES string of the molecule is C=CC.C=CC(=O)NCCCOC(CCCCCOCCCNC(=O)C(=C)C)COCCCNC=O.CC.CC. The highest BCUT2D eigenvalue weighted by atomic mass is 16.5. The molecule has 0 fully saturated rings. The van der Waals surface area contributed by atoms with Gasteiger partial charge in [-0.3, -0.25) is 14.4 Å². The first kappa shape index (κ1) is 44.5. The van der Waals surface area contributed by atoms with Crippen molar-refractivity contribution >= 4 is 18.2 Å². The van der Waals surface area contributed by atoms with Crippen molar-refractivity contribution in [2.45, 2.75) is 92.6 Å². The lowest BCUT2D eigenvalue weighted by molar-refractivity contribution is -0.117. The summed E-state index contributed by atoms with van der Waals surface area (Å²) in [6, 6.07) is 0. The van der Waals surface area contributed by atoms with Crippen molar-refractivity contribution < 1.29 is 28.6 Å². The normalized spacial score (nSPS) is 10.1. The zero-order chi connectivity index (χ0) is 31.3. The molecule has 0 saturated carbocycles. The molecule has 0 heterocycles. The summed E-state index contributed by atoms with van der Waals surface area (Å²) in [5, 5.41) is 8.12. The molecule has 0 spiro atoms. The van der Waals surface area contributed by atoms with Crippen LogP contribution in [-0.4, -0.2) is 77.0 Å². The molecule has 1 unspecified atom stereocenters. The van der Waals surface area contributed by atoms with Crippen molar-refractivity contribution in [1.82, 2.24) is 16.0 Å². The molecule has 40 heavy (non-hydrogen) atoms. The molecule has 1 atom stereocenters. The quantitative estimate of drug-likeness (QED) is 0.0641. The summed E-state index contributed by atoms with van der Waals surface area (Å²) in [4.78, 5) is 32.8. The monoisotopic (exact) mass is 571 g/mol. The Labute approximate surface area is 245 Å². The molecular formula is C31H61N3O6. The molecule has 3 N–H and O–H groups in total. The van der Waals surface area contributed by atoms with Crippen molar-refractivity contribution in [2.75, 3.05) is 52.7 Å². The minimum absolute atomic E-state index is 0.00279. The molecule has 0 aliphatic heterocycles. The van der Waals surface area contributed by atoms with E-state index >= 15 is 0 Å². The lowest BCUT2D eigenvalue weighted by Crippen LogP contribution is -2.25. The third-order valence-corrected chi connectivity index (χ3v) is 4.61. The third-order valence-electron chi connectivity index (χ3n) is 4.61. The van der Waals surface area contributed by atoms with Gasteiger partial charge in [0.2, 0.25) is 18.2 Å². The smallest absolute Gasteiger partial charge is 0.246 e. The van der Waals surface area contributed by atoms with Crippen LogP contribution in [0.25, 0.3) is 0 Å². The second kappa shape index (κ2) is 41.0. The Morgan fingerprint density at radius 3 is 1.95 bits per heavy atom. The zero-order valence-electron chi connectivity index (χ0n) is 26.5. The number of carbonyl (C=O) groups excluding carboxylic acids is 3. The van der Waals surface area contributed by atoms with Gasteiger partial charge in [-0.2, -0.15) is 0 Å². The standard InChI is InChI=1S/C24H43N3O6.C3H6.2C2H6/c1-4-23(29)26-13-10-18-33-22(19-32-17-8-12-25-20-28)11-6-5-7-15-31-16-9-14-27-24(30)21(2)3;1-3-2;2*1-2/h4,20,22H,1-2,5-19H2,3H3,(H,25,28)(H,26,29)(H,27,30);3H,1H2,2H3;2*1-2H3. The second-order valence-corrected chi connectivity index (χ2v) is 8.10. The molecule has 0 saturated heterocycles. The van der Waals surface area contributed by atoms with Gasteiger partial charge in [-0.05, 0) is 52.0 Å². The zero-order valence-corrected chi connectivity index (χ0v) is 26.5. The number of rotatable bonds is 24. The number of carbonyl (C=O) groups is 3. The van der Waals surface area contributed by atoms with Crippen LogP contribution in [0.4, 0.5) is 0 Å². The van der Waals surface area contributed by atoms with Gasteiger partial charge < -0.3 is 30.2 Å². The molecule has 236 valence electrons. The van der Waals surface area contributed by atoms with Crippen LogP contribution in [-0.2, 0) is 28.6 Å². The van der Waals surface area contributed by atoms with Crippen LogP contribution in [0.5, 0.6) is 0 Å². The van der Waals surface area contributed by atoms with Crippen LogP contribution >= 0.6 is 0 Å². The van der Waals surface area contributed by atoms with Gasteiger partial charge in [-0.15, -0.1) is 6.58 Å². The molecule has 9 nitrogen and oxygen atoms in total. The van der Waals surface area contributed by atoms with E-state index in [2.05, 4.69) is 35.7 Å². The van der Waals surface area contributed by atoms with E-state index < -0.39 is 0 Å². The summed E-state index contributed by atoms with van der Waals surface area (Å²) >= 11 is 0. The highest BCUT2D eigenvalue weighted by molar-refractivity contribution is 5.92. The van der Waals surface area contributed by atoms with E-state index in [0.29, 0.717) is 64.7 Å². The van der Waals surface area contributed by atoms with E-state index in [1.807, 2.05) is 34.6 Å². The average Bonchev–Trinajstić information content (AvgIpc) is 2.97. The Morgan fingerprint density at radius 1 is 0.800 bits per heavy atom. The Bertz CT molecular complexity index is 600. The first-order valence-corrected chi connectivity index (χ1v) is 14.8. The average molecular weight is 572 g/mol. The van der Waals surface area contributed by atoms with Crippen molar-refractivity contribution in [3.05, 3.63) is 37.5 Å². The molecule has 0 bridgehead atoms. The lowest BCUT2D eigenvalue weighted by atomic mass is 10.1. The van der Waals surface area contributed by atoms with Crippen LogP contribution in [0, 0.1) is 0 Å². The lowest BCUT2D eigenvalue weighted by Gasteiger charge is -2.18. The van der Waals surface area contributed by atoms with Crippen molar-refractivity contribution in [3.8, 4) is 0 Å². The van der Waals surface area contributed by atoms with Gasteiger partial charge in [0.15, 0.2) is 0 Å². The molecule has 0 aromatic rings. The summed E-state index contributed by atoms with van der Waals surface area (Å²) in [5.41, 5.74) is 0.512. The highest BCUT2D eigenvalue weighted by Crippen LogP contribution is 2.09. The van der Waals surface area contributed by atoms with Gasteiger partial charge in [0.05, 0.1) is 12.7 Å². The maximum atomic E-state index is 11.4. The second-order valence-electron chi connectivity index (χ2n) is 8.10. The number of hydrogen-bond donors (Lipinski definition) is 3. The molecular weight excluding hydrogens is 510 g/mol. The third kappa shape index (κ3) is 40.0. The van der Waals surface area contributed by atoms with Gasteiger partial charge >= 0.3 is 0 Å². The summed E-state index contributed by atoms with van der Waals surface area (Å²) in [6.07, 6.45) is 9.84. The van der Waals surface area contributed by atoms with Crippen LogP contribution < -0.4 is 16.0 Å². The van der Waals surface area contributed by atoms with Gasteiger partial charge in [0.1, 0.15) is 0 Å². The number of allylic oxidation sites excluding steroid dienone is 1. The summed E-state index contributed by atoms with van der Waals surface area (Å²) in [7, 11) is 0. The topological polar surface area (TPSA) is 115 Å². The van der Waals surface area contributed by atoms with E-state index in [4.69, 9.17) is 14.2 Å². The minimum Gasteiger partial charge on any atom is -0.381 e. The summed E-state index contributed by atoms with van der Waals surface area (Å²) in [6.45, 7) is 26.6. The van der Waals surface area contributed by atoms with Gasteiger partial charge in [-0.1, -0.05) is 59.8 Å². The van der Waals surface area contributed by atoms with Crippen molar-refractivity contribution in [1.29, 1.82) is 0 Å². The first-order chi connectivity index (χ1) is 19.4. The largest absolute Gasteiger partial charge is 0.381 e. The Morgan fingerprint density at radius 2 is 1.35 bits per heavy atom. The van der Waals surface area contributed by atoms with E-state index in [9.17, 15) is 14.4 Å². The van der Waals surface area contributed by atoms with E-state index in [1.165, 1.54) is 6.08 Å². The molecule has 3 amide bonds. The van der Waals surface area contributed by atoms with Crippen LogP contribution in [0.2, 0.25) is 0 Å². The first-order valence-electron chi connectivity index (χ1n) is 14.8. The van der Waals surface area contributed by atoms with E-state index in [1.54, 1.807) is 13.0 Å². The number of ether oxygens (including phenoxy) is 3. The molecule has 0 aliphatic rings.